The highest BCUT2D eigenvalue weighted by molar-refractivity contribution is 5.94. The van der Waals surface area contributed by atoms with Crippen LogP contribution in [0.1, 0.15) is 30.0 Å². The standard InChI is InChI=1S/C19H23N5O2/c1-23-17(12-15(22-23)14-7-8-14)21-19(26)24-10-9-20-18(25)16(24)11-13-5-3-2-4-6-13/h2-6,12,14,16H,7-11H2,1H3,(H,20,25)(H,21,26). The van der Waals surface area contributed by atoms with Crippen LogP contribution in [0.3, 0.4) is 0 Å². The summed E-state index contributed by atoms with van der Waals surface area (Å²) in [5.41, 5.74) is 2.06. The van der Waals surface area contributed by atoms with Crippen molar-refractivity contribution in [3.63, 3.8) is 0 Å². The minimum Gasteiger partial charge on any atom is -0.353 e. The van der Waals surface area contributed by atoms with Crippen molar-refractivity contribution in [2.45, 2.75) is 31.2 Å². The summed E-state index contributed by atoms with van der Waals surface area (Å²) in [6.07, 6.45) is 2.82. The third kappa shape index (κ3) is 3.42. The van der Waals surface area contributed by atoms with Crippen LogP contribution >= 0.6 is 0 Å². The van der Waals surface area contributed by atoms with Gasteiger partial charge in [-0.25, -0.2) is 4.79 Å². The molecule has 2 N–H and O–H groups in total. The van der Waals surface area contributed by atoms with E-state index in [0.29, 0.717) is 31.2 Å². The van der Waals surface area contributed by atoms with Crippen LogP contribution in [0.15, 0.2) is 36.4 Å². The van der Waals surface area contributed by atoms with Crippen molar-refractivity contribution in [3.05, 3.63) is 47.7 Å². The summed E-state index contributed by atoms with van der Waals surface area (Å²) in [5.74, 6) is 1.08. The molecule has 2 fully saturated rings. The maximum Gasteiger partial charge on any atom is 0.323 e. The number of amides is 3. The molecular weight excluding hydrogens is 330 g/mol. The zero-order valence-electron chi connectivity index (χ0n) is 14.8. The molecule has 2 aliphatic rings. The first kappa shape index (κ1) is 16.6. The maximum atomic E-state index is 12.9. The number of aryl methyl sites for hydroxylation is 1. The van der Waals surface area contributed by atoms with E-state index in [9.17, 15) is 9.59 Å². The van der Waals surface area contributed by atoms with E-state index in [0.717, 1.165) is 24.1 Å². The number of benzene rings is 1. The Balaban J connectivity index is 1.49. The fraction of sp³-hybridized carbons (Fsp3) is 0.421. The van der Waals surface area contributed by atoms with Crippen LogP contribution in [0.5, 0.6) is 0 Å². The third-order valence-corrected chi connectivity index (χ3v) is 4.99. The summed E-state index contributed by atoms with van der Waals surface area (Å²) in [6, 6.07) is 10.9. The molecule has 1 aromatic heterocycles. The molecule has 7 heteroatoms. The minimum absolute atomic E-state index is 0.112. The highest BCUT2D eigenvalue weighted by Crippen LogP contribution is 2.39. The quantitative estimate of drug-likeness (QED) is 0.881. The first-order valence-electron chi connectivity index (χ1n) is 9.05. The van der Waals surface area contributed by atoms with E-state index in [4.69, 9.17) is 0 Å². The fourth-order valence-corrected chi connectivity index (χ4v) is 3.36. The van der Waals surface area contributed by atoms with Gasteiger partial charge in [0.1, 0.15) is 11.9 Å². The second kappa shape index (κ2) is 6.82. The Kier molecular flexibility index (Phi) is 4.36. The second-order valence-electron chi connectivity index (χ2n) is 6.97. The van der Waals surface area contributed by atoms with Gasteiger partial charge in [0.15, 0.2) is 0 Å². The number of urea groups is 1. The van der Waals surface area contributed by atoms with Crippen molar-refractivity contribution in [1.29, 1.82) is 0 Å². The van der Waals surface area contributed by atoms with Gasteiger partial charge in [-0.05, 0) is 18.4 Å². The van der Waals surface area contributed by atoms with Gasteiger partial charge in [-0.15, -0.1) is 0 Å². The molecular formula is C19H23N5O2. The molecule has 136 valence electrons. The molecule has 0 radical (unpaired) electrons. The molecule has 7 nitrogen and oxygen atoms in total. The number of hydrogen-bond acceptors (Lipinski definition) is 3. The average molecular weight is 353 g/mol. The molecule has 26 heavy (non-hydrogen) atoms. The molecule has 1 unspecified atom stereocenters. The Morgan fingerprint density at radius 1 is 1.31 bits per heavy atom. The van der Waals surface area contributed by atoms with Crippen LogP contribution in [0.25, 0.3) is 0 Å². The van der Waals surface area contributed by atoms with Gasteiger partial charge >= 0.3 is 6.03 Å². The number of piperazine rings is 1. The summed E-state index contributed by atoms with van der Waals surface area (Å²) in [7, 11) is 1.83. The first-order chi connectivity index (χ1) is 12.6. The smallest absolute Gasteiger partial charge is 0.323 e. The van der Waals surface area contributed by atoms with Gasteiger partial charge in [0.25, 0.3) is 0 Å². The summed E-state index contributed by atoms with van der Waals surface area (Å²) in [4.78, 5) is 26.9. The maximum absolute atomic E-state index is 12.9. The monoisotopic (exact) mass is 353 g/mol. The van der Waals surface area contributed by atoms with Crippen LogP contribution in [-0.2, 0) is 18.3 Å². The molecule has 1 atom stereocenters. The van der Waals surface area contributed by atoms with Crippen molar-refractivity contribution in [2.75, 3.05) is 18.4 Å². The number of hydrogen-bond donors (Lipinski definition) is 2. The summed E-state index contributed by atoms with van der Waals surface area (Å²) < 4.78 is 1.70. The van der Waals surface area contributed by atoms with E-state index in [1.165, 1.54) is 0 Å². The van der Waals surface area contributed by atoms with Crippen molar-refractivity contribution in [2.24, 2.45) is 7.05 Å². The van der Waals surface area contributed by atoms with E-state index in [1.54, 1.807) is 9.58 Å². The van der Waals surface area contributed by atoms with Crippen LogP contribution in [0.4, 0.5) is 10.6 Å². The highest BCUT2D eigenvalue weighted by Gasteiger charge is 2.34. The van der Waals surface area contributed by atoms with E-state index < -0.39 is 6.04 Å². The summed E-state index contributed by atoms with van der Waals surface area (Å²) >= 11 is 0. The number of nitrogens with zero attached hydrogens (tertiary/aromatic N) is 3. The van der Waals surface area contributed by atoms with Gasteiger partial charge in [-0.3, -0.25) is 14.8 Å². The van der Waals surface area contributed by atoms with E-state index in [1.807, 2.05) is 43.4 Å². The van der Waals surface area contributed by atoms with E-state index in [-0.39, 0.29) is 11.9 Å². The van der Waals surface area contributed by atoms with Crippen molar-refractivity contribution in [3.8, 4) is 0 Å². The van der Waals surface area contributed by atoms with Gasteiger partial charge in [0.05, 0.1) is 5.69 Å². The Morgan fingerprint density at radius 3 is 2.81 bits per heavy atom. The molecule has 0 spiro atoms. The van der Waals surface area contributed by atoms with Crippen LogP contribution < -0.4 is 10.6 Å². The fourth-order valence-electron chi connectivity index (χ4n) is 3.36. The lowest BCUT2D eigenvalue weighted by molar-refractivity contribution is -0.127. The summed E-state index contributed by atoms with van der Waals surface area (Å²) in [5, 5.41) is 10.3. The lowest BCUT2D eigenvalue weighted by atomic mass is 10.0. The van der Waals surface area contributed by atoms with Crippen molar-refractivity contribution >= 4 is 17.8 Å². The Hall–Kier alpha value is -2.83. The molecule has 1 aliphatic carbocycles. The zero-order chi connectivity index (χ0) is 18.1. The molecule has 1 aromatic carbocycles. The number of rotatable bonds is 4. The summed E-state index contributed by atoms with van der Waals surface area (Å²) in [6.45, 7) is 0.957. The number of nitrogens with one attached hydrogen (secondary N) is 2. The number of anilines is 1. The molecule has 1 saturated carbocycles. The molecule has 1 aliphatic heterocycles. The molecule has 0 bridgehead atoms. The van der Waals surface area contributed by atoms with Crippen LogP contribution in [-0.4, -0.2) is 45.8 Å². The topological polar surface area (TPSA) is 79.3 Å². The minimum atomic E-state index is -0.512. The zero-order valence-corrected chi connectivity index (χ0v) is 14.8. The van der Waals surface area contributed by atoms with Crippen molar-refractivity contribution < 1.29 is 9.59 Å². The number of carbonyl (C=O) groups is 2. The molecule has 1 saturated heterocycles. The second-order valence-corrected chi connectivity index (χ2v) is 6.97. The van der Waals surface area contributed by atoms with Crippen LogP contribution in [0.2, 0.25) is 0 Å². The predicted octanol–water partition coefficient (Wildman–Crippen LogP) is 1.87. The molecule has 3 amide bonds. The largest absolute Gasteiger partial charge is 0.353 e. The van der Waals surface area contributed by atoms with Gasteiger partial charge in [-0.1, -0.05) is 30.3 Å². The van der Waals surface area contributed by atoms with Gasteiger partial charge in [-0.2, -0.15) is 5.10 Å². The third-order valence-electron chi connectivity index (χ3n) is 4.99. The highest BCUT2D eigenvalue weighted by atomic mass is 16.2. The SMILES string of the molecule is Cn1nc(C2CC2)cc1NC(=O)N1CCNC(=O)C1Cc1ccccc1. The molecule has 2 aromatic rings. The van der Waals surface area contributed by atoms with E-state index >= 15 is 0 Å². The van der Waals surface area contributed by atoms with Crippen molar-refractivity contribution in [1.82, 2.24) is 20.0 Å². The van der Waals surface area contributed by atoms with Gasteiger partial charge in [0.2, 0.25) is 5.91 Å². The number of aromatic nitrogens is 2. The normalized spacial score (nSPS) is 20.0. The Morgan fingerprint density at radius 2 is 2.08 bits per heavy atom. The average Bonchev–Trinajstić information content (AvgIpc) is 3.42. The predicted molar refractivity (Wildman–Crippen MR) is 97.9 cm³/mol. The lowest BCUT2D eigenvalue weighted by Crippen LogP contribution is -2.59. The molecule has 4 rings (SSSR count). The van der Waals surface area contributed by atoms with Gasteiger partial charge in [0, 0.05) is 38.5 Å². The van der Waals surface area contributed by atoms with E-state index in [2.05, 4.69) is 15.7 Å². The Labute approximate surface area is 152 Å². The van der Waals surface area contributed by atoms with Gasteiger partial charge < -0.3 is 10.2 Å². The molecule has 2 heterocycles. The lowest BCUT2D eigenvalue weighted by Gasteiger charge is -2.35. The van der Waals surface area contributed by atoms with Crippen LogP contribution in [0, 0.1) is 0 Å². The first-order valence-corrected chi connectivity index (χ1v) is 9.05. The number of carbonyl (C=O) groups excluding carboxylic acids is 2. The Bertz CT molecular complexity index is 813.